The number of nitrogen functional groups attached to an aromatic ring is 1. The molecule has 1 aliphatic rings. The molecule has 1 fully saturated rings. The lowest BCUT2D eigenvalue weighted by atomic mass is 9.84. The Labute approximate surface area is 108 Å². The predicted molar refractivity (Wildman–Crippen MR) is 71.0 cm³/mol. The molecule has 1 aromatic heterocycles. The summed E-state index contributed by atoms with van der Waals surface area (Å²) in [6, 6.07) is 1.82. The van der Waals surface area contributed by atoms with E-state index in [0.717, 1.165) is 31.2 Å². The summed E-state index contributed by atoms with van der Waals surface area (Å²) >= 11 is 0. The number of aromatic nitrogens is 1. The Morgan fingerprint density at radius 3 is 2.50 bits per heavy atom. The largest absolute Gasteiger partial charge is 0.387 e. The van der Waals surface area contributed by atoms with E-state index in [9.17, 15) is 10.2 Å². The number of pyridine rings is 1. The van der Waals surface area contributed by atoms with Crippen LogP contribution in [0.5, 0.6) is 0 Å². The zero-order chi connectivity index (χ0) is 13.2. The summed E-state index contributed by atoms with van der Waals surface area (Å²) in [6.45, 7) is 1.90. The van der Waals surface area contributed by atoms with Gasteiger partial charge < -0.3 is 15.9 Å². The molecule has 0 aliphatic heterocycles. The number of rotatable bonds is 2. The van der Waals surface area contributed by atoms with Crippen LogP contribution in [0.1, 0.15) is 55.8 Å². The lowest BCUT2D eigenvalue weighted by molar-refractivity contribution is -0.0865. The normalized spacial score (nSPS) is 21.3. The molecule has 4 nitrogen and oxygen atoms in total. The van der Waals surface area contributed by atoms with Gasteiger partial charge >= 0.3 is 0 Å². The average Bonchev–Trinajstić information content (AvgIpc) is 2.57. The van der Waals surface area contributed by atoms with E-state index in [1.165, 1.54) is 0 Å². The van der Waals surface area contributed by atoms with Crippen molar-refractivity contribution in [2.24, 2.45) is 0 Å². The summed E-state index contributed by atoms with van der Waals surface area (Å²) in [5.74, 6) is 0.311. The van der Waals surface area contributed by atoms with Crippen molar-refractivity contribution in [2.45, 2.75) is 57.2 Å². The molecule has 1 atom stereocenters. The van der Waals surface area contributed by atoms with E-state index < -0.39 is 11.7 Å². The first-order chi connectivity index (χ1) is 8.53. The Kier molecular flexibility index (Phi) is 3.88. The van der Waals surface area contributed by atoms with Crippen LogP contribution in [0, 0.1) is 6.92 Å². The van der Waals surface area contributed by atoms with Crippen LogP contribution in [0.25, 0.3) is 0 Å². The fourth-order valence-corrected chi connectivity index (χ4v) is 2.73. The van der Waals surface area contributed by atoms with Crippen molar-refractivity contribution in [3.63, 3.8) is 0 Å². The van der Waals surface area contributed by atoms with Crippen molar-refractivity contribution in [3.8, 4) is 0 Å². The Bertz CT molecular complexity index is 412. The molecule has 0 bridgehead atoms. The molecule has 4 heteroatoms. The van der Waals surface area contributed by atoms with Gasteiger partial charge in [-0.15, -0.1) is 0 Å². The van der Waals surface area contributed by atoms with E-state index in [1.807, 2.05) is 13.0 Å². The first-order valence-corrected chi connectivity index (χ1v) is 6.65. The van der Waals surface area contributed by atoms with Gasteiger partial charge in [0, 0.05) is 11.8 Å². The second-order valence-electron chi connectivity index (χ2n) is 5.41. The van der Waals surface area contributed by atoms with E-state index in [-0.39, 0.29) is 0 Å². The molecule has 1 heterocycles. The fraction of sp³-hybridized carbons (Fsp3) is 0.643. The number of anilines is 1. The van der Waals surface area contributed by atoms with Crippen molar-refractivity contribution < 1.29 is 10.2 Å². The van der Waals surface area contributed by atoms with Gasteiger partial charge in [-0.05, 0) is 31.4 Å². The predicted octanol–water partition coefficient (Wildman–Crippen LogP) is 2.09. The molecular weight excluding hydrogens is 228 g/mol. The highest BCUT2D eigenvalue weighted by molar-refractivity contribution is 5.43. The molecule has 18 heavy (non-hydrogen) atoms. The fourth-order valence-electron chi connectivity index (χ4n) is 2.73. The number of nitrogens with zero attached hydrogens (tertiary/aromatic N) is 1. The van der Waals surface area contributed by atoms with Crippen molar-refractivity contribution in [2.75, 3.05) is 5.73 Å². The molecule has 0 amide bonds. The minimum Gasteiger partial charge on any atom is -0.387 e. The quantitative estimate of drug-likeness (QED) is 0.702. The molecule has 0 spiro atoms. The number of aliphatic hydroxyl groups is 2. The van der Waals surface area contributed by atoms with Gasteiger partial charge in [0.25, 0.3) is 0 Å². The molecule has 4 N–H and O–H groups in total. The zero-order valence-corrected chi connectivity index (χ0v) is 10.9. The van der Waals surface area contributed by atoms with Crippen LogP contribution in [0.4, 0.5) is 5.82 Å². The van der Waals surface area contributed by atoms with Gasteiger partial charge in [-0.3, -0.25) is 0 Å². The van der Waals surface area contributed by atoms with Gasteiger partial charge in [-0.25, -0.2) is 4.98 Å². The second-order valence-corrected chi connectivity index (χ2v) is 5.41. The average molecular weight is 250 g/mol. The zero-order valence-electron chi connectivity index (χ0n) is 10.9. The van der Waals surface area contributed by atoms with Crippen molar-refractivity contribution in [3.05, 3.63) is 23.4 Å². The maximum absolute atomic E-state index is 10.7. The molecule has 0 saturated heterocycles. The molecule has 100 valence electrons. The monoisotopic (exact) mass is 250 g/mol. The molecule has 0 radical (unpaired) electrons. The number of aryl methyl sites for hydroxylation is 1. The summed E-state index contributed by atoms with van der Waals surface area (Å²) in [5.41, 5.74) is 6.25. The molecule has 0 aromatic carbocycles. The van der Waals surface area contributed by atoms with E-state index in [4.69, 9.17) is 5.73 Å². The van der Waals surface area contributed by atoms with Crippen LogP contribution in [-0.4, -0.2) is 20.8 Å². The summed E-state index contributed by atoms with van der Waals surface area (Å²) in [7, 11) is 0. The van der Waals surface area contributed by atoms with E-state index in [0.29, 0.717) is 24.2 Å². The highest BCUT2D eigenvalue weighted by Crippen LogP contribution is 2.38. The summed E-state index contributed by atoms with van der Waals surface area (Å²) in [6.07, 6.45) is 6.13. The smallest absolute Gasteiger partial charge is 0.129 e. The van der Waals surface area contributed by atoms with Gasteiger partial charge in [0.1, 0.15) is 11.9 Å². The molecule has 1 aromatic rings. The maximum atomic E-state index is 10.7. The lowest BCUT2D eigenvalue weighted by Crippen LogP contribution is -2.36. The van der Waals surface area contributed by atoms with Gasteiger partial charge in [0.05, 0.1) is 5.60 Å². The third kappa shape index (κ3) is 2.65. The maximum Gasteiger partial charge on any atom is 0.129 e. The van der Waals surface area contributed by atoms with E-state index in [1.54, 1.807) is 6.20 Å². The topological polar surface area (TPSA) is 79.4 Å². The first-order valence-electron chi connectivity index (χ1n) is 6.65. The highest BCUT2D eigenvalue weighted by atomic mass is 16.3. The Balaban J connectivity index is 2.28. The van der Waals surface area contributed by atoms with Crippen molar-refractivity contribution in [1.82, 2.24) is 4.98 Å². The van der Waals surface area contributed by atoms with Gasteiger partial charge in [-0.1, -0.05) is 25.7 Å². The third-order valence-electron chi connectivity index (χ3n) is 3.86. The van der Waals surface area contributed by atoms with Crippen LogP contribution in [0.15, 0.2) is 12.3 Å². The van der Waals surface area contributed by atoms with Crippen LogP contribution in [0.2, 0.25) is 0 Å². The van der Waals surface area contributed by atoms with Crippen LogP contribution in [-0.2, 0) is 0 Å². The molecular formula is C14H22N2O2. The Hall–Kier alpha value is -1.13. The van der Waals surface area contributed by atoms with Gasteiger partial charge in [0.2, 0.25) is 0 Å². The number of aliphatic hydroxyl groups excluding tert-OH is 1. The van der Waals surface area contributed by atoms with Crippen molar-refractivity contribution >= 4 is 5.82 Å². The Morgan fingerprint density at radius 1 is 1.28 bits per heavy atom. The minimum atomic E-state index is -1.06. The second kappa shape index (κ2) is 5.24. The molecule has 1 aliphatic carbocycles. The number of hydrogen-bond acceptors (Lipinski definition) is 4. The highest BCUT2D eigenvalue weighted by Gasteiger charge is 2.37. The van der Waals surface area contributed by atoms with E-state index in [2.05, 4.69) is 4.98 Å². The summed E-state index contributed by atoms with van der Waals surface area (Å²) < 4.78 is 0. The van der Waals surface area contributed by atoms with Gasteiger partial charge in [0.15, 0.2) is 0 Å². The standard InChI is InChI=1S/C14H22N2O2/c1-10-8-11(13(15)16-9-10)12(17)14(18)6-4-2-3-5-7-14/h8-9,12,17-18H,2-7H2,1H3,(H2,15,16). The van der Waals surface area contributed by atoms with Gasteiger partial charge in [-0.2, -0.15) is 0 Å². The molecule has 1 unspecified atom stereocenters. The molecule has 2 rings (SSSR count). The van der Waals surface area contributed by atoms with Crippen molar-refractivity contribution in [1.29, 1.82) is 0 Å². The van der Waals surface area contributed by atoms with Crippen LogP contribution >= 0.6 is 0 Å². The Morgan fingerprint density at radius 2 is 1.89 bits per heavy atom. The summed E-state index contributed by atoms with van der Waals surface area (Å²) in [5, 5.41) is 21.1. The third-order valence-corrected chi connectivity index (χ3v) is 3.86. The first kappa shape index (κ1) is 13.3. The summed E-state index contributed by atoms with van der Waals surface area (Å²) in [4.78, 5) is 4.06. The number of hydrogen-bond donors (Lipinski definition) is 3. The number of nitrogens with two attached hydrogens (primary N) is 1. The van der Waals surface area contributed by atoms with Crippen LogP contribution in [0.3, 0.4) is 0 Å². The minimum absolute atomic E-state index is 0.311. The lowest BCUT2D eigenvalue weighted by Gasteiger charge is -2.32. The van der Waals surface area contributed by atoms with Crippen LogP contribution < -0.4 is 5.73 Å². The molecule has 1 saturated carbocycles. The van der Waals surface area contributed by atoms with E-state index >= 15 is 0 Å². The SMILES string of the molecule is Cc1cnc(N)c(C(O)C2(O)CCCCCC2)c1.